The summed E-state index contributed by atoms with van der Waals surface area (Å²) in [5.74, 6) is -0.525. The Morgan fingerprint density at radius 1 is 1.00 bits per heavy atom. The van der Waals surface area contributed by atoms with E-state index in [2.05, 4.69) is 0 Å². The lowest BCUT2D eigenvalue weighted by atomic mass is 9.89. The molecule has 3 aromatic rings. The molecule has 42 heavy (non-hydrogen) atoms. The van der Waals surface area contributed by atoms with Crippen LogP contribution in [0.25, 0.3) is 0 Å². The van der Waals surface area contributed by atoms with Crippen molar-refractivity contribution < 1.29 is 24.2 Å². The van der Waals surface area contributed by atoms with Gasteiger partial charge in [-0.1, -0.05) is 43.6 Å². The van der Waals surface area contributed by atoms with E-state index >= 15 is 0 Å². The van der Waals surface area contributed by atoms with Gasteiger partial charge in [-0.3, -0.25) is 19.3 Å². The van der Waals surface area contributed by atoms with Gasteiger partial charge in [-0.05, 0) is 86.6 Å². The third kappa shape index (κ3) is 6.77. The first-order valence-corrected chi connectivity index (χ1v) is 14.7. The maximum absolute atomic E-state index is 13.8. The number of rotatable bonds is 11. The zero-order valence-corrected chi connectivity index (χ0v) is 25.3. The van der Waals surface area contributed by atoms with Crippen molar-refractivity contribution in [1.82, 2.24) is 4.90 Å². The van der Waals surface area contributed by atoms with Crippen molar-refractivity contribution in [3.63, 3.8) is 0 Å². The SMILES string of the molecule is CCN(CC)C(CCOc1ccc(C(=O)N2c3ccccc3[C@H](N(C(C)=O)c3ccc(Cl)cc3)C[C@@H]2C)cc1)C(=O)O. The number of carbonyl (C=O) groups excluding carboxylic acids is 2. The number of ether oxygens (including phenoxy) is 1. The Kier molecular flexibility index (Phi) is 10.2. The number of halogens is 1. The molecule has 1 aliphatic heterocycles. The number of nitrogens with zero attached hydrogens (tertiary/aromatic N) is 3. The van der Waals surface area contributed by atoms with Gasteiger partial charge in [-0.2, -0.15) is 0 Å². The van der Waals surface area contributed by atoms with Crippen molar-refractivity contribution >= 4 is 40.8 Å². The van der Waals surface area contributed by atoms with E-state index in [1.54, 1.807) is 53.1 Å². The van der Waals surface area contributed by atoms with Gasteiger partial charge in [0.15, 0.2) is 0 Å². The minimum absolute atomic E-state index is 0.0912. The Morgan fingerprint density at radius 3 is 2.24 bits per heavy atom. The fourth-order valence-electron chi connectivity index (χ4n) is 5.77. The first-order valence-electron chi connectivity index (χ1n) is 14.3. The van der Waals surface area contributed by atoms with Gasteiger partial charge in [-0.15, -0.1) is 0 Å². The van der Waals surface area contributed by atoms with Crippen LogP contribution in [0.1, 0.15) is 62.5 Å². The topological polar surface area (TPSA) is 90.4 Å². The Bertz CT molecular complexity index is 1390. The molecule has 0 spiro atoms. The predicted molar refractivity (Wildman–Crippen MR) is 166 cm³/mol. The van der Waals surface area contributed by atoms with Gasteiger partial charge in [0.05, 0.1) is 12.6 Å². The molecular weight excluding hydrogens is 554 g/mol. The highest BCUT2D eigenvalue weighted by Crippen LogP contribution is 2.43. The molecule has 0 fully saturated rings. The number of hydrogen-bond acceptors (Lipinski definition) is 5. The second-order valence-corrected chi connectivity index (χ2v) is 10.9. The van der Waals surface area contributed by atoms with Crippen LogP contribution >= 0.6 is 11.6 Å². The van der Waals surface area contributed by atoms with Crippen molar-refractivity contribution in [3.05, 3.63) is 88.9 Å². The average Bonchev–Trinajstić information content (AvgIpc) is 2.98. The molecule has 1 heterocycles. The summed E-state index contributed by atoms with van der Waals surface area (Å²) in [7, 11) is 0. The molecule has 1 unspecified atom stereocenters. The minimum Gasteiger partial charge on any atom is -0.494 e. The Balaban J connectivity index is 1.52. The van der Waals surface area contributed by atoms with Crippen molar-refractivity contribution in [2.24, 2.45) is 0 Å². The first-order chi connectivity index (χ1) is 20.2. The number of carboxylic acids is 1. The molecule has 0 bridgehead atoms. The van der Waals surface area contributed by atoms with Crippen LogP contribution in [-0.4, -0.2) is 59.6 Å². The smallest absolute Gasteiger partial charge is 0.321 e. The normalized spacial score (nSPS) is 17.0. The number of anilines is 2. The number of fused-ring (bicyclic) bond motifs is 1. The Hall–Kier alpha value is -3.88. The van der Waals surface area contributed by atoms with Crippen LogP contribution in [0.5, 0.6) is 5.75 Å². The van der Waals surface area contributed by atoms with Gasteiger partial charge in [0.2, 0.25) is 5.91 Å². The summed E-state index contributed by atoms with van der Waals surface area (Å²) in [5, 5.41) is 10.2. The molecule has 3 atom stereocenters. The van der Waals surface area contributed by atoms with Crippen LogP contribution in [0, 0.1) is 0 Å². The maximum atomic E-state index is 13.8. The number of likely N-dealkylation sites (N-methyl/N-ethyl adjacent to an activating group) is 1. The molecule has 0 radical (unpaired) electrons. The number of benzene rings is 3. The number of hydrogen-bond donors (Lipinski definition) is 1. The molecule has 0 saturated carbocycles. The van der Waals surface area contributed by atoms with E-state index in [9.17, 15) is 19.5 Å². The number of para-hydroxylation sites is 1. The van der Waals surface area contributed by atoms with Crippen LogP contribution < -0.4 is 14.5 Å². The van der Waals surface area contributed by atoms with Gasteiger partial charge < -0.3 is 19.6 Å². The van der Waals surface area contributed by atoms with Crippen LogP contribution in [0.3, 0.4) is 0 Å². The summed E-state index contributed by atoms with van der Waals surface area (Å²) in [6.45, 7) is 8.97. The second kappa shape index (κ2) is 13.9. The Labute approximate surface area is 252 Å². The van der Waals surface area contributed by atoms with E-state index in [4.69, 9.17) is 16.3 Å². The van der Waals surface area contributed by atoms with Crippen LogP contribution in [0.2, 0.25) is 5.02 Å². The standard InChI is InChI=1S/C33H38ClN3O5/c1-5-35(6-2)30(33(40)41)19-20-42-27-17-11-24(12-18-27)32(39)36-22(3)21-31(28-9-7-8-10-29(28)36)37(23(4)38)26-15-13-25(34)14-16-26/h7-18,22,30-31H,5-6,19-21H2,1-4H3,(H,40,41)/t22-,30?,31+/m0/s1. The largest absolute Gasteiger partial charge is 0.494 e. The third-order valence-electron chi connectivity index (χ3n) is 7.83. The van der Waals surface area contributed by atoms with Gasteiger partial charge >= 0.3 is 5.97 Å². The molecule has 0 aromatic heterocycles. The second-order valence-electron chi connectivity index (χ2n) is 10.4. The van der Waals surface area contributed by atoms with E-state index in [-0.39, 0.29) is 30.5 Å². The molecule has 3 aromatic carbocycles. The van der Waals surface area contributed by atoms with Crippen molar-refractivity contribution in [2.45, 2.75) is 58.7 Å². The molecule has 1 aliphatic rings. The van der Waals surface area contributed by atoms with E-state index in [0.717, 1.165) is 16.9 Å². The molecule has 9 heteroatoms. The summed E-state index contributed by atoms with van der Waals surface area (Å²) < 4.78 is 5.84. The highest BCUT2D eigenvalue weighted by atomic mass is 35.5. The van der Waals surface area contributed by atoms with E-state index in [1.807, 2.05) is 62.1 Å². The number of aliphatic carboxylic acids is 1. The molecular formula is C33H38ClN3O5. The van der Waals surface area contributed by atoms with Gasteiger partial charge in [0.25, 0.3) is 5.91 Å². The number of carboxylic acid groups (broad SMARTS) is 1. The van der Waals surface area contributed by atoms with Crippen LogP contribution in [0.15, 0.2) is 72.8 Å². The van der Waals surface area contributed by atoms with E-state index < -0.39 is 12.0 Å². The fourth-order valence-corrected chi connectivity index (χ4v) is 5.89. The first kappa shape index (κ1) is 31.1. The Morgan fingerprint density at radius 2 is 1.64 bits per heavy atom. The number of amides is 2. The monoisotopic (exact) mass is 591 g/mol. The summed E-state index contributed by atoms with van der Waals surface area (Å²) in [6, 6.07) is 20.8. The van der Waals surface area contributed by atoms with E-state index in [0.29, 0.717) is 42.3 Å². The van der Waals surface area contributed by atoms with Crippen LogP contribution in [-0.2, 0) is 9.59 Å². The molecule has 0 aliphatic carbocycles. The molecule has 2 amide bonds. The number of carbonyl (C=O) groups is 3. The molecule has 0 saturated heterocycles. The lowest BCUT2D eigenvalue weighted by molar-refractivity contribution is -0.143. The highest BCUT2D eigenvalue weighted by Gasteiger charge is 2.38. The summed E-state index contributed by atoms with van der Waals surface area (Å²) >= 11 is 6.10. The summed E-state index contributed by atoms with van der Waals surface area (Å²) in [6.07, 6.45) is 0.914. The summed E-state index contributed by atoms with van der Waals surface area (Å²) in [5.41, 5.74) is 2.93. The highest BCUT2D eigenvalue weighted by molar-refractivity contribution is 6.30. The quantitative estimate of drug-likeness (QED) is 0.276. The zero-order valence-electron chi connectivity index (χ0n) is 24.5. The minimum atomic E-state index is -0.860. The predicted octanol–water partition coefficient (Wildman–Crippen LogP) is 6.44. The molecule has 8 nitrogen and oxygen atoms in total. The van der Waals surface area contributed by atoms with E-state index in [1.165, 1.54) is 0 Å². The molecule has 4 rings (SSSR count). The maximum Gasteiger partial charge on any atom is 0.321 e. The zero-order chi connectivity index (χ0) is 30.4. The molecule has 222 valence electrons. The van der Waals surface area contributed by atoms with Crippen LogP contribution in [0.4, 0.5) is 11.4 Å². The average molecular weight is 592 g/mol. The van der Waals surface area contributed by atoms with Gasteiger partial charge in [-0.25, -0.2) is 0 Å². The summed E-state index contributed by atoms with van der Waals surface area (Å²) in [4.78, 5) is 43.9. The van der Waals surface area contributed by atoms with Crippen molar-refractivity contribution in [3.8, 4) is 5.75 Å². The van der Waals surface area contributed by atoms with Crippen molar-refractivity contribution in [2.75, 3.05) is 29.5 Å². The fraction of sp³-hybridized carbons (Fsp3) is 0.364. The van der Waals surface area contributed by atoms with Gasteiger partial charge in [0, 0.05) is 41.3 Å². The lowest BCUT2D eigenvalue weighted by Gasteiger charge is -2.43. The van der Waals surface area contributed by atoms with Crippen molar-refractivity contribution in [1.29, 1.82) is 0 Å². The third-order valence-corrected chi connectivity index (χ3v) is 8.09. The van der Waals surface area contributed by atoms with Gasteiger partial charge in [0.1, 0.15) is 11.8 Å². The molecule has 1 N–H and O–H groups in total. The lowest BCUT2D eigenvalue weighted by Crippen LogP contribution is -2.47.